The number of carbonyl (C=O) groups is 1. The lowest BCUT2D eigenvalue weighted by Gasteiger charge is -2.11. The number of fused-ring (bicyclic) bond motifs is 1. The molecule has 2 aromatic heterocycles. The molecule has 0 aliphatic carbocycles. The van der Waals surface area contributed by atoms with Crippen LogP contribution >= 0.6 is 23.6 Å². The second-order valence-electron chi connectivity index (χ2n) is 6.07. The third kappa shape index (κ3) is 4.08. The summed E-state index contributed by atoms with van der Waals surface area (Å²) in [4.78, 5) is 13.1. The Bertz CT molecular complexity index is 1220. The Balaban J connectivity index is 1.47. The molecule has 0 atom stereocenters. The van der Waals surface area contributed by atoms with Crippen molar-refractivity contribution in [3.05, 3.63) is 59.9 Å². The Labute approximate surface area is 175 Å². The molecule has 0 saturated carbocycles. The molecule has 8 nitrogen and oxygen atoms in total. The average molecular weight is 425 g/mol. The molecule has 0 aliphatic heterocycles. The van der Waals surface area contributed by atoms with E-state index in [0.29, 0.717) is 11.3 Å². The van der Waals surface area contributed by atoms with Crippen LogP contribution < -0.4 is 15.4 Å². The molecule has 0 saturated heterocycles. The van der Waals surface area contributed by atoms with Gasteiger partial charge in [-0.15, -0.1) is 10.2 Å². The maximum atomic E-state index is 12.4. The number of benzene rings is 2. The van der Waals surface area contributed by atoms with E-state index in [4.69, 9.17) is 17.0 Å². The number of amides is 1. The van der Waals surface area contributed by atoms with Crippen molar-refractivity contribution in [1.29, 1.82) is 0 Å². The Kier molecular flexibility index (Phi) is 5.19. The Hall–Kier alpha value is -3.37. The number of anilines is 1. The van der Waals surface area contributed by atoms with Crippen LogP contribution in [0, 0.1) is 6.92 Å². The summed E-state index contributed by atoms with van der Waals surface area (Å²) in [6, 6.07) is 14.5. The topological polar surface area (TPSA) is 93.4 Å². The van der Waals surface area contributed by atoms with Gasteiger partial charge in [-0.1, -0.05) is 29.5 Å². The largest absolute Gasteiger partial charge is 0.497 e. The zero-order valence-corrected chi connectivity index (χ0v) is 17.2. The van der Waals surface area contributed by atoms with Crippen molar-refractivity contribution < 1.29 is 9.53 Å². The third-order valence-corrected chi connectivity index (χ3v) is 5.23. The number of ether oxygens (including phenoxy) is 1. The third-order valence-electron chi connectivity index (χ3n) is 4.07. The molecule has 0 radical (unpaired) electrons. The first kappa shape index (κ1) is 19.0. The molecular formula is C19H16N6O2S2. The number of hydrogen-bond donors (Lipinski definition) is 2. The van der Waals surface area contributed by atoms with Crippen LogP contribution in [0.4, 0.5) is 5.69 Å². The zero-order chi connectivity index (χ0) is 20.4. The highest BCUT2D eigenvalue weighted by Crippen LogP contribution is 2.27. The summed E-state index contributed by atoms with van der Waals surface area (Å²) in [6.07, 6.45) is 0. The van der Waals surface area contributed by atoms with Crippen LogP contribution in [-0.2, 0) is 0 Å². The van der Waals surface area contributed by atoms with Crippen LogP contribution in [-0.4, -0.2) is 37.9 Å². The fraction of sp³-hybridized carbons (Fsp3) is 0.105. The normalized spacial score (nSPS) is 10.7. The molecule has 0 bridgehead atoms. The first-order chi connectivity index (χ1) is 14.0. The molecule has 2 aromatic carbocycles. The highest BCUT2D eigenvalue weighted by Gasteiger charge is 2.12. The highest BCUT2D eigenvalue weighted by atomic mass is 32.1. The van der Waals surface area contributed by atoms with Gasteiger partial charge in [0, 0.05) is 16.8 Å². The summed E-state index contributed by atoms with van der Waals surface area (Å²) in [7, 11) is 1.55. The Morgan fingerprint density at radius 1 is 1.17 bits per heavy atom. The van der Waals surface area contributed by atoms with Crippen LogP contribution in [0.25, 0.3) is 15.5 Å². The van der Waals surface area contributed by atoms with Crippen molar-refractivity contribution >= 4 is 45.2 Å². The monoisotopic (exact) mass is 424 g/mol. The van der Waals surface area contributed by atoms with Gasteiger partial charge >= 0.3 is 0 Å². The van der Waals surface area contributed by atoms with E-state index < -0.39 is 0 Å². The van der Waals surface area contributed by atoms with Gasteiger partial charge < -0.3 is 10.1 Å². The maximum absolute atomic E-state index is 12.4. The molecule has 0 fully saturated rings. The molecule has 4 aromatic rings. The van der Waals surface area contributed by atoms with Crippen molar-refractivity contribution in [2.45, 2.75) is 6.92 Å². The van der Waals surface area contributed by atoms with E-state index >= 15 is 0 Å². The second-order valence-corrected chi connectivity index (χ2v) is 7.43. The molecular weight excluding hydrogens is 408 g/mol. The molecule has 0 aliphatic rings. The first-order valence-corrected chi connectivity index (χ1v) is 9.81. The average Bonchev–Trinajstić information content (AvgIpc) is 3.30. The van der Waals surface area contributed by atoms with E-state index in [1.54, 1.807) is 35.9 Å². The van der Waals surface area contributed by atoms with E-state index in [1.165, 1.54) is 11.3 Å². The molecule has 29 heavy (non-hydrogen) atoms. The van der Waals surface area contributed by atoms with Crippen LogP contribution in [0.3, 0.4) is 0 Å². The fourth-order valence-corrected chi connectivity index (χ4v) is 3.76. The fourth-order valence-electron chi connectivity index (χ4n) is 2.66. The van der Waals surface area contributed by atoms with Crippen molar-refractivity contribution in [3.8, 4) is 16.3 Å². The molecule has 0 spiro atoms. The predicted molar refractivity (Wildman–Crippen MR) is 116 cm³/mol. The Morgan fingerprint density at radius 3 is 2.79 bits per heavy atom. The molecule has 1 amide bonds. The summed E-state index contributed by atoms with van der Waals surface area (Å²) in [5.41, 5.74) is 2.10. The minimum atomic E-state index is -0.318. The summed E-state index contributed by atoms with van der Waals surface area (Å²) in [5.74, 6) is 1.02. The smallest absolute Gasteiger partial charge is 0.257 e. The minimum Gasteiger partial charge on any atom is -0.497 e. The van der Waals surface area contributed by atoms with Crippen LogP contribution in [0.15, 0.2) is 48.5 Å². The van der Waals surface area contributed by atoms with Gasteiger partial charge in [-0.05, 0) is 49.5 Å². The number of carbonyl (C=O) groups excluding carboxylic acids is 1. The maximum Gasteiger partial charge on any atom is 0.257 e. The SMILES string of the molecule is COc1cccc(C(=O)NC(=S)Nc2cccc(-c3nn4c(C)nnc4s3)c2)c1. The lowest BCUT2D eigenvalue weighted by Crippen LogP contribution is -2.34. The van der Waals surface area contributed by atoms with E-state index in [9.17, 15) is 4.79 Å². The quantitative estimate of drug-likeness (QED) is 0.486. The van der Waals surface area contributed by atoms with Gasteiger partial charge in [-0.25, -0.2) is 0 Å². The van der Waals surface area contributed by atoms with Crippen LogP contribution in [0.1, 0.15) is 16.2 Å². The van der Waals surface area contributed by atoms with Crippen molar-refractivity contribution in [1.82, 2.24) is 25.1 Å². The molecule has 2 N–H and O–H groups in total. The summed E-state index contributed by atoms with van der Waals surface area (Å²) < 4.78 is 6.85. The van der Waals surface area contributed by atoms with Crippen molar-refractivity contribution in [2.24, 2.45) is 0 Å². The Morgan fingerprint density at radius 2 is 2.00 bits per heavy atom. The van der Waals surface area contributed by atoms with Gasteiger partial charge in [0.05, 0.1) is 7.11 Å². The van der Waals surface area contributed by atoms with Crippen LogP contribution in [0.5, 0.6) is 5.75 Å². The number of nitrogens with zero attached hydrogens (tertiary/aromatic N) is 4. The first-order valence-electron chi connectivity index (χ1n) is 8.59. The number of aryl methyl sites for hydroxylation is 1. The zero-order valence-electron chi connectivity index (χ0n) is 15.5. The number of thiocarbonyl (C=S) groups is 1. The standard InChI is InChI=1S/C19H16N6O2S2/c1-11-22-23-19-25(11)24-17(29-19)13-6-3-7-14(9-13)20-18(28)21-16(26)12-5-4-8-15(10-12)27-2/h3-10H,1-2H3,(H2,20,21,26,28). The molecule has 146 valence electrons. The van der Waals surface area contributed by atoms with E-state index in [-0.39, 0.29) is 11.0 Å². The number of hydrogen-bond acceptors (Lipinski definition) is 7. The summed E-state index contributed by atoms with van der Waals surface area (Å²) in [6.45, 7) is 1.85. The van der Waals surface area contributed by atoms with Crippen molar-refractivity contribution in [3.63, 3.8) is 0 Å². The molecule has 2 heterocycles. The van der Waals surface area contributed by atoms with Gasteiger partial charge in [0.15, 0.2) is 10.9 Å². The lowest BCUT2D eigenvalue weighted by molar-refractivity contribution is 0.0977. The summed E-state index contributed by atoms with van der Waals surface area (Å²) in [5, 5.41) is 19.3. The van der Waals surface area contributed by atoms with E-state index in [0.717, 1.165) is 27.0 Å². The number of aromatic nitrogens is 4. The van der Waals surface area contributed by atoms with Gasteiger partial charge in [0.1, 0.15) is 10.8 Å². The van der Waals surface area contributed by atoms with Gasteiger partial charge in [0.25, 0.3) is 5.91 Å². The minimum absolute atomic E-state index is 0.198. The lowest BCUT2D eigenvalue weighted by atomic mass is 10.2. The predicted octanol–water partition coefficient (Wildman–Crippen LogP) is 3.30. The number of methoxy groups -OCH3 is 1. The van der Waals surface area contributed by atoms with Gasteiger partial charge in [-0.3, -0.25) is 10.1 Å². The van der Waals surface area contributed by atoms with Crippen LogP contribution in [0.2, 0.25) is 0 Å². The molecule has 0 unspecified atom stereocenters. The van der Waals surface area contributed by atoms with Gasteiger partial charge in [0.2, 0.25) is 4.96 Å². The second kappa shape index (κ2) is 7.94. The van der Waals surface area contributed by atoms with E-state index in [2.05, 4.69) is 25.9 Å². The van der Waals surface area contributed by atoms with Gasteiger partial charge in [-0.2, -0.15) is 9.61 Å². The molecule has 4 rings (SSSR count). The van der Waals surface area contributed by atoms with Crippen molar-refractivity contribution in [2.75, 3.05) is 12.4 Å². The summed E-state index contributed by atoms with van der Waals surface area (Å²) >= 11 is 6.73. The molecule has 10 heteroatoms. The number of nitrogens with one attached hydrogen (secondary N) is 2. The number of rotatable bonds is 4. The van der Waals surface area contributed by atoms with E-state index in [1.807, 2.05) is 31.2 Å². The highest BCUT2D eigenvalue weighted by molar-refractivity contribution is 7.80.